The minimum Gasteiger partial charge on any atom is -0.378 e. The largest absolute Gasteiger partial charge is 0.378 e. The normalized spacial score (nSPS) is 25.6. The van der Waals surface area contributed by atoms with Crippen molar-refractivity contribution in [3.63, 3.8) is 0 Å². The highest BCUT2D eigenvalue weighted by Crippen LogP contribution is 2.28. The van der Waals surface area contributed by atoms with E-state index in [1.165, 1.54) is 10.6 Å². The molecular formula is C13H22N2OS. The van der Waals surface area contributed by atoms with Crippen molar-refractivity contribution in [3.8, 4) is 0 Å². The number of aromatic nitrogens is 1. The van der Waals surface area contributed by atoms with E-state index in [1.807, 2.05) is 0 Å². The lowest BCUT2D eigenvalue weighted by Gasteiger charge is -2.37. The van der Waals surface area contributed by atoms with Gasteiger partial charge in [0.2, 0.25) is 0 Å². The molecule has 1 unspecified atom stereocenters. The summed E-state index contributed by atoms with van der Waals surface area (Å²) in [6, 6.07) is 0.954. The Balaban J connectivity index is 1.82. The van der Waals surface area contributed by atoms with Crippen LogP contribution in [0.2, 0.25) is 0 Å². The monoisotopic (exact) mass is 254 g/mol. The summed E-state index contributed by atoms with van der Waals surface area (Å²) in [7, 11) is 0. The Bertz CT molecular complexity index is 371. The van der Waals surface area contributed by atoms with Gasteiger partial charge in [-0.1, -0.05) is 0 Å². The number of ether oxygens (including phenoxy) is 1. The van der Waals surface area contributed by atoms with Gasteiger partial charge in [-0.05, 0) is 40.5 Å². The van der Waals surface area contributed by atoms with Gasteiger partial charge in [-0.15, -0.1) is 11.3 Å². The van der Waals surface area contributed by atoms with Gasteiger partial charge in [0.15, 0.2) is 0 Å². The van der Waals surface area contributed by atoms with E-state index in [0.717, 1.165) is 24.5 Å². The first kappa shape index (κ1) is 13.0. The number of nitrogens with one attached hydrogen (secondary N) is 1. The van der Waals surface area contributed by atoms with E-state index in [2.05, 4.69) is 38.0 Å². The Kier molecular flexibility index (Phi) is 4.17. The van der Waals surface area contributed by atoms with Crippen LogP contribution in [0.5, 0.6) is 0 Å². The van der Waals surface area contributed by atoms with E-state index >= 15 is 0 Å². The summed E-state index contributed by atoms with van der Waals surface area (Å²) in [4.78, 5) is 5.94. The summed E-state index contributed by atoms with van der Waals surface area (Å²) in [5.41, 5.74) is 1.22. The molecule has 17 heavy (non-hydrogen) atoms. The lowest BCUT2D eigenvalue weighted by Crippen LogP contribution is -2.46. The zero-order chi connectivity index (χ0) is 12.4. The van der Waals surface area contributed by atoms with Crippen molar-refractivity contribution in [1.29, 1.82) is 0 Å². The van der Waals surface area contributed by atoms with Crippen LogP contribution in [0, 0.1) is 13.8 Å². The molecule has 1 aromatic heterocycles. The molecule has 1 aliphatic rings. The first-order valence-electron chi connectivity index (χ1n) is 6.41. The summed E-state index contributed by atoms with van der Waals surface area (Å²) in [6.45, 7) is 9.32. The zero-order valence-corrected chi connectivity index (χ0v) is 11.9. The maximum absolute atomic E-state index is 5.57. The molecule has 0 aliphatic heterocycles. The highest BCUT2D eigenvalue weighted by Gasteiger charge is 2.31. The maximum Gasteiger partial charge on any atom is 0.0900 e. The molecule has 1 fully saturated rings. The Morgan fingerprint density at radius 2 is 2.18 bits per heavy atom. The second-order valence-corrected chi connectivity index (χ2v) is 6.22. The van der Waals surface area contributed by atoms with Crippen LogP contribution < -0.4 is 5.32 Å². The fourth-order valence-corrected chi connectivity index (χ4v) is 3.37. The van der Waals surface area contributed by atoms with Crippen molar-refractivity contribution in [2.75, 3.05) is 6.61 Å². The topological polar surface area (TPSA) is 34.1 Å². The van der Waals surface area contributed by atoms with Crippen LogP contribution in [-0.2, 0) is 4.74 Å². The van der Waals surface area contributed by atoms with Gasteiger partial charge in [0, 0.05) is 23.6 Å². The molecule has 1 atom stereocenters. The lowest BCUT2D eigenvalue weighted by molar-refractivity contribution is -0.0121. The summed E-state index contributed by atoms with van der Waals surface area (Å²) in [6.07, 6.45) is 2.75. The minimum absolute atomic E-state index is 0.354. The van der Waals surface area contributed by atoms with Crippen LogP contribution in [0.3, 0.4) is 0 Å². The Labute approximate surface area is 108 Å². The van der Waals surface area contributed by atoms with E-state index in [1.54, 1.807) is 11.3 Å². The van der Waals surface area contributed by atoms with Crippen molar-refractivity contribution in [2.24, 2.45) is 0 Å². The Morgan fingerprint density at radius 3 is 2.71 bits per heavy atom. The maximum atomic E-state index is 5.57. The molecule has 1 heterocycles. The fraction of sp³-hybridized carbons (Fsp3) is 0.769. The third-order valence-corrected chi connectivity index (χ3v) is 4.23. The van der Waals surface area contributed by atoms with E-state index in [-0.39, 0.29) is 0 Å². The molecule has 1 aromatic rings. The third-order valence-electron chi connectivity index (χ3n) is 3.33. The Morgan fingerprint density at radius 1 is 1.47 bits per heavy atom. The van der Waals surface area contributed by atoms with Gasteiger partial charge in [0.05, 0.1) is 16.8 Å². The lowest BCUT2D eigenvalue weighted by atomic mass is 9.88. The summed E-state index contributed by atoms with van der Waals surface area (Å²) >= 11 is 1.78. The number of rotatable bonds is 5. The molecule has 2 rings (SSSR count). The van der Waals surface area contributed by atoms with Crippen LogP contribution in [0.25, 0.3) is 0 Å². The van der Waals surface area contributed by atoms with E-state index in [0.29, 0.717) is 18.2 Å². The zero-order valence-electron chi connectivity index (χ0n) is 11.1. The average molecular weight is 254 g/mol. The second kappa shape index (κ2) is 5.46. The molecule has 1 aliphatic carbocycles. The number of aryl methyl sites for hydroxylation is 2. The van der Waals surface area contributed by atoms with Crippen molar-refractivity contribution in [1.82, 2.24) is 10.3 Å². The molecule has 0 aromatic carbocycles. The van der Waals surface area contributed by atoms with E-state index < -0.39 is 0 Å². The molecular weight excluding hydrogens is 232 g/mol. The Hall–Kier alpha value is -0.450. The average Bonchev–Trinajstić information content (AvgIpc) is 2.54. The molecule has 1 saturated carbocycles. The fourth-order valence-electron chi connectivity index (χ4n) is 2.45. The van der Waals surface area contributed by atoms with Crippen molar-refractivity contribution in [2.45, 2.75) is 58.7 Å². The molecule has 4 heteroatoms. The first-order valence-corrected chi connectivity index (χ1v) is 7.23. The van der Waals surface area contributed by atoms with E-state index in [9.17, 15) is 0 Å². The molecule has 3 nitrogen and oxygen atoms in total. The third kappa shape index (κ3) is 3.06. The predicted octanol–water partition coefficient (Wildman–Crippen LogP) is 2.98. The molecule has 0 bridgehead atoms. The van der Waals surface area contributed by atoms with Gasteiger partial charge >= 0.3 is 0 Å². The van der Waals surface area contributed by atoms with Crippen LogP contribution in [0.15, 0.2) is 0 Å². The molecule has 0 saturated heterocycles. The number of hydrogen-bond acceptors (Lipinski definition) is 4. The van der Waals surface area contributed by atoms with Gasteiger partial charge in [-0.3, -0.25) is 0 Å². The summed E-state index contributed by atoms with van der Waals surface area (Å²) < 4.78 is 5.57. The minimum atomic E-state index is 0.354. The highest BCUT2D eigenvalue weighted by molar-refractivity contribution is 7.11. The number of thiazole rings is 1. The molecule has 0 radical (unpaired) electrons. The first-order chi connectivity index (χ1) is 8.10. The van der Waals surface area contributed by atoms with Crippen molar-refractivity contribution >= 4 is 11.3 Å². The van der Waals surface area contributed by atoms with Crippen LogP contribution >= 0.6 is 11.3 Å². The van der Waals surface area contributed by atoms with Gasteiger partial charge in [0.1, 0.15) is 0 Å². The van der Waals surface area contributed by atoms with Gasteiger partial charge in [-0.25, -0.2) is 4.98 Å². The summed E-state index contributed by atoms with van der Waals surface area (Å²) in [5, 5.41) is 4.80. The molecule has 96 valence electrons. The van der Waals surface area contributed by atoms with Gasteiger partial charge in [-0.2, -0.15) is 0 Å². The van der Waals surface area contributed by atoms with Crippen molar-refractivity contribution < 1.29 is 4.74 Å². The molecule has 0 amide bonds. The predicted molar refractivity (Wildman–Crippen MR) is 71.6 cm³/mol. The van der Waals surface area contributed by atoms with Crippen LogP contribution in [0.4, 0.5) is 0 Å². The number of hydrogen-bond donors (Lipinski definition) is 1. The summed E-state index contributed by atoms with van der Waals surface area (Å²) in [5.74, 6) is 0. The second-order valence-electron chi connectivity index (χ2n) is 4.81. The van der Waals surface area contributed by atoms with E-state index in [4.69, 9.17) is 4.74 Å². The quantitative estimate of drug-likeness (QED) is 0.877. The van der Waals surface area contributed by atoms with Crippen LogP contribution in [0.1, 0.15) is 48.3 Å². The van der Waals surface area contributed by atoms with Crippen LogP contribution in [-0.4, -0.2) is 23.7 Å². The SMILES string of the molecule is CCOC1CC(NC(C)c2nc(C)sc2C)C1. The number of nitrogens with zero attached hydrogens (tertiary/aromatic N) is 1. The smallest absolute Gasteiger partial charge is 0.0900 e. The van der Waals surface area contributed by atoms with Gasteiger partial charge < -0.3 is 10.1 Å². The van der Waals surface area contributed by atoms with Gasteiger partial charge in [0.25, 0.3) is 0 Å². The molecule has 0 spiro atoms. The standard InChI is InChI=1S/C13H22N2OS/c1-5-16-12-6-11(7-12)14-8(2)13-9(3)17-10(4)15-13/h8,11-12,14H,5-7H2,1-4H3. The molecule has 1 N–H and O–H groups in total. The highest BCUT2D eigenvalue weighted by atomic mass is 32.1. The van der Waals surface area contributed by atoms with Crippen molar-refractivity contribution in [3.05, 3.63) is 15.6 Å².